The van der Waals surface area contributed by atoms with Crippen molar-refractivity contribution in [3.05, 3.63) is 50.7 Å². The molecule has 1 heterocycles. The second kappa shape index (κ2) is 4.90. The summed E-state index contributed by atoms with van der Waals surface area (Å²) in [7, 11) is 0. The fourth-order valence-electron chi connectivity index (χ4n) is 1.59. The van der Waals surface area contributed by atoms with Crippen LogP contribution in [0.25, 0.3) is 0 Å². The van der Waals surface area contributed by atoms with E-state index in [-0.39, 0.29) is 5.91 Å². The first-order valence-corrected chi connectivity index (χ1v) is 6.39. The zero-order valence-corrected chi connectivity index (χ0v) is 11.2. The van der Waals surface area contributed by atoms with Crippen LogP contribution in [0.2, 0.25) is 5.02 Å². The van der Waals surface area contributed by atoms with Crippen molar-refractivity contribution in [3.63, 3.8) is 0 Å². The predicted octanol–water partition coefficient (Wildman–Crippen LogP) is 4.27. The minimum atomic E-state index is -0.0748. The third-order valence-electron chi connectivity index (χ3n) is 2.39. The van der Waals surface area contributed by atoms with E-state index in [4.69, 9.17) is 11.6 Å². The summed E-state index contributed by atoms with van der Waals surface area (Å²) in [5, 5.41) is 3.51. The number of hydrogen-bond donors (Lipinski definition) is 1. The molecule has 1 aromatic heterocycles. The Balaban J connectivity index is 2.17. The van der Waals surface area contributed by atoms with Gasteiger partial charge in [-0.25, -0.2) is 0 Å². The van der Waals surface area contributed by atoms with Gasteiger partial charge in [0, 0.05) is 20.5 Å². The average Bonchev–Trinajstić information content (AvgIpc) is 2.61. The van der Waals surface area contributed by atoms with Gasteiger partial charge in [-0.2, -0.15) is 0 Å². The van der Waals surface area contributed by atoms with Gasteiger partial charge in [0.25, 0.3) is 5.91 Å². The number of amides is 1. The van der Waals surface area contributed by atoms with Gasteiger partial charge >= 0.3 is 0 Å². The summed E-state index contributed by atoms with van der Waals surface area (Å²) in [6, 6.07) is 8.99. The highest BCUT2D eigenvalue weighted by atomic mass is 35.5. The fourth-order valence-corrected chi connectivity index (χ4v) is 2.64. The molecule has 0 radical (unpaired) electrons. The van der Waals surface area contributed by atoms with Crippen LogP contribution in [0.1, 0.15) is 20.1 Å². The van der Waals surface area contributed by atoms with Crippen molar-refractivity contribution in [2.45, 2.75) is 13.8 Å². The number of aryl methyl sites for hydroxylation is 2. The first kappa shape index (κ1) is 12.1. The zero-order chi connectivity index (χ0) is 12.4. The molecule has 0 aliphatic rings. The molecule has 0 saturated heterocycles. The molecule has 1 aromatic carbocycles. The van der Waals surface area contributed by atoms with Crippen molar-refractivity contribution < 1.29 is 4.79 Å². The van der Waals surface area contributed by atoms with E-state index in [0.717, 1.165) is 21.0 Å². The van der Waals surface area contributed by atoms with Gasteiger partial charge in [-0.1, -0.05) is 11.6 Å². The lowest BCUT2D eigenvalue weighted by atomic mass is 10.2. The number of benzene rings is 1. The van der Waals surface area contributed by atoms with E-state index in [9.17, 15) is 4.79 Å². The number of thiophene rings is 1. The van der Waals surface area contributed by atoms with Crippen LogP contribution < -0.4 is 5.32 Å². The summed E-state index contributed by atoms with van der Waals surface area (Å²) in [6.07, 6.45) is 0. The van der Waals surface area contributed by atoms with E-state index >= 15 is 0 Å². The Hall–Kier alpha value is -1.32. The fraction of sp³-hybridized carbons (Fsp3) is 0.154. The van der Waals surface area contributed by atoms with E-state index in [1.807, 2.05) is 19.9 Å². The highest BCUT2D eigenvalue weighted by molar-refractivity contribution is 7.12. The molecule has 4 heteroatoms. The Bertz CT molecular complexity index is 545. The molecule has 2 rings (SSSR count). The van der Waals surface area contributed by atoms with E-state index in [2.05, 4.69) is 5.32 Å². The second-order valence-corrected chi connectivity index (χ2v) is 5.68. The van der Waals surface area contributed by atoms with Gasteiger partial charge in [-0.05, 0) is 44.2 Å². The maximum atomic E-state index is 12.0. The van der Waals surface area contributed by atoms with Crippen LogP contribution >= 0.6 is 22.9 Å². The van der Waals surface area contributed by atoms with Gasteiger partial charge in [0.2, 0.25) is 0 Å². The molecule has 0 bridgehead atoms. The standard InChI is InChI=1S/C13H12ClNOS/c1-8-7-12(9(2)17-8)13(16)15-11-5-3-10(14)4-6-11/h3-7H,1-2H3,(H,15,16). The second-order valence-electron chi connectivity index (χ2n) is 3.79. The van der Waals surface area contributed by atoms with Crippen molar-refractivity contribution in [1.82, 2.24) is 0 Å². The topological polar surface area (TPSA) is 29.1 Å². The number of hydrogen-bond acceptors (Lipinski definition) is 2. The van der Waals surface area contributed by atoms with Gasteiger partial charge < -0.3 is 5.32 Å². The van der Waals surface area contributed by atoms with E-state index in [1.54, 1.807) is 35.6 Å². The smallest absolute Gasteiger partial charge is 0.256 e. The minimum absolute atomic E-state index is 0.0748. The highest BCUT2D eigenvalue weighted by Gasteiger charge is 2.11. The van der Waals surface area contributed by atoms with Crippen molar-refractivity contribution in [1.29, 1.82) is 0 Å². The molecule has 0 spiro atoms. The van der Waals surface area contributed by atoms with Crippen LogP contribution in [0, 0.1) is 13.8 Å². The minimum Gasteiger partial charge on any atom is -0.322 e. The monoisotopic (exact) mass is 265 g/mol. The molecular weight excluding hydrogens is 254 g/mol. The van der Waals surface area contributed by atoms with Crippen molar-refractivity contribution in [2.75, 3.05) is 5.32 Å². The molecular formula is C13H12ClNOS. The Morgan fingerprint density at radius 3 is 2.41 bits per heavy atom. The lowest BCUT2D eigenvalue weighted by Gasteiger charge is -2.04. The Morgan fingerprint density at radius 1 is 1.24 bits per heavy atom. The van der Waals surface area contributed by atoms with Crippen molar-refractivity contribution in [2.24, 2.45) is 0 Å². The first-order valence-electron chi connectivity index (χ1n) is 5.20. The van der Waals surface area contributed by atoms with Crippen LogP contribution in [0.5, 0.6) is 0 Å². The number of halogens is 1. The molecule has 17 heavy (non-hydrogen) atoms. The largest absolute Gasteiger partial charge is 0.322 e. The maximum absolute atomic E-state index is 12.0. The van der Waals surface area contributed by atoms with E-state index in [1.165, 1.54) is 0 Å². The third kappa shape index (κ3) is 2.87. The van der Waals surface area contributed by atoms with Gasteiger partial charge in [0.05, 0.1) is 5.56 Å². The third-order valence-corrected chi connectivity index (χ3v) is 3.61. The van der Waals surface area contributed by atoms with Crippen molar-refractivity contribution >= 4 is 34.5 Å². The van der Waals surface area contributed by atoms with Gasteiger partial charge in [0.15, 0.2) is 0 Å². The summed E-state index contributed by atoms with van der Waals surface area (Å²) in [5.41, 5.74) is 1.49. The molecule has 0 aliphatic carbocycles. The Morgan fingerprint density at radius 2 is 1.88 bits per heavy atom. The Kier molecular flexibility index (Phi) is 3.50. The molecule has 88 valence electrons. The lowest BCUT2D eigenvalue weighted by molar-refractivity contribution is 0.102. The summed E-state index contributed by atoms with van der Waals surface area (Å²) >= 11 is 7.41. The van der Waals surface area contributed by atoms with Gasteiger partial charge in [-0.15, -0.1) is 11.3 Å². The molecule has 0 saturated carbocycles. The van der Waals surface area contributed by atoms with E-state index in [0.29, 0.717) is 5.02 Å². The molecule has 0 fully saturated rings. The molecule has 2 aromatic rings. The Labute approximate surface area is 109 Å². The maximum Gasteiger partial charge on any atom is 0.256 e. The summed E-state index contributed by atoms with van der Waals surface area (Å²) in [4.78, 5) is 14.2. The number of nitrogens with one attached hydrogen (secondary N) is 1. The van der Waals surface area contributed by atoms with Gasteiger partial charge in [0.1, 0.15) is 0 Å². The highest BCUT2D eigenvalue weighted by Crippen LogP contribution is 2.22. The van der Waals surface area contributed by atoms with Crippen LogP contribution in [0.4, 0.5) is 5.69 Å². The molecule has 0 unspecified atom stereocenters. The van der Waals surface area contributed by atoms with Crippen LogP contribution in [-0.2, 0) is 0 Å². The van der Waals surface area contributed by atoms with E-state index < -0.39 is 0 Å². The normalized spacial score (nSPS) is 10.3. The average molecular weight is 266 g/mol. The van der Waals surface area contributed by atoms with Crippen LogP contribution in [0.15, 0.2) is 30.3 Å². The number of rotatable bonds is 2. The molecule has 2 nitrogen and oxygen atoms in total. The number of anilines is 1. The van der Waals surface area contributed by atoms with Crippen LogP contribution in [0.3, 0.4) is 0 Å². The van der Waals surface area contributed by atoms with Crippen LogP contribution in [-0.4, -0.2) is 5.91 Å². The van der Waals surface area contributed by atoms with Crippen molar-refractivity contribution in [3.8, 4) is 0 Å². The van der Waals surface area contributed by atoms with Gasteiger partial charge in [-0.3, -0.25) is 4.79 Å². The molecule has 0 atom stereocenters. The number of carbonyl (C=O) groups is 1. The molecule has 0 aliphatic heterocycles. The zero-order valence-electron chi connectivity index (χ0n) is 9.58. The first-order chi connectivity index (χ1) is 8.06. The quantitative estimate of drug-likeness (QED) is 0.863. The lowest BCUT2D eigenvalue weighted by Crippen LogP contribution is -2.11. The molecule has 1 N–H and O–H groups in total. The summed E-state index contributed by atoms with van der Waals surface area (Å²) in [6.45, 7) is 3.95. The number of carbonyl (C=O) groups excluding carboxylic acids is 1. The SMILES string of the molecule is Cc1cc(C(=O)Nc2ccc(Cl)cc2)c(C)s1. The summed E-state index contributed by atoms with van der Waals surface area (Å²) < 4.78 is 0. The molecule has 1 amide bonds. The summed E-state index contributed by atoms with van der Waals surface area (Å²) in [5.74, 6) is -0.0748. The predicted molar refractivity (Wildman–Crippen MR) is 73.2 cm³/mol.